The molecule has 0 unspecified atom stereocenters. The van der Waals surface area contributed by atoms with Gasteiger partial charge in [-0.2, -0.15) is 0 Å². The number of carbonyl (C=O) groups excluding carboxylic acids is 1. The standard InChI is InChI=1S/C28H23FN4O2S2/c1-18-7-12-24-31-25(30-14-13-19-5-3-2-4-6-19)22(26(34)32(24)16-18)15-23-27(35)33(28(36)37-23)17-20-8-10-21(29)11-9-20/h2-12,15-16,30H,13-14,17H2,1H3/b23-15+. The number of aryl methyl sites for hydroxylation is 1. The summed E-state index contributed by atoms with van der Waals surface area (Å²) >= 11 is 6.60. The predicted octanol–water partition coefficient (Wildman–Crippen LogP) is 5.20. The number of anilines is 1. The summed E-state index contributed by atoms with van der Waals surface area (Å²) in [7, 11) is 0. The molecular formula is C28H23FN4O2S2. The lowest BCUT2D eigenvalue weighted by atomic mass is 10.1. The van der Waals surface area contributed by atoms with Gasteiger partial charge in [-0.05, 0) is 54.3 Å². The maximum atomic E-state index is 13.6. The number of rotatable bonds is 7. The summed E-state index contributed by atoms with van der Waals surface area (Å²) in [5.74, 6) is -0.238. The summed E-state index contributed by atoms with van der Waals surface area (Å²) < 4.78 is 15.2. The number of benzene rings is 2. The number of hydrogen-bond acceptors (Lipinski definition) is 6. The fourth-order valence-electron chi connectivity index (χ4n) is 4.03. The van der Waals surface area contributed by atoms with Gasteiger partial charge in [-0.1, -0.05) is 72.5 Å². The van der Waals surface area contributed by atoms with Crippen molar-refractivity contribution in [2.24, 2.45) is 0 Å². The molecule has 2 aromatic heterocycles. The number of nitrogens with one attached hydrogen (secondary N) is 1. The van der Waals surface area contributed by atoms with Gasteiger partial charge in [-0.25, -0.2) is 9.37 Å². The maximum absolute atomic E-state index is 13.6. The van der Waals surface area contributed by atoms with Gasteiger partial charge in [-0.15, -0.1) is 0 Å². The number of thiocarbonyl (C=S) groups is 1. The van der Waals surface area contributed by atoms with Crippen LogP contribution in [0.1, 0.15) is 22.3 Å². The van der Waals surface area contributed by atoms with Gasteiger partial charge in [0, 0.05) is 12.7 Å². The molecule has 0 saturated carbocycles. The Hall–Kier alpha value is -3.82. The van der Waals surface area contributed by atoms with Crippen LogP contribution in [-0.2, 0) is 17.8 Å². The molecule has 0 radical (unpaired) electrons. The minimum Gasteiger partial charge on any atom is -0.369 e. The van der Waals surface area contributed by atoms with Crippen LogP contribution in [0, 0.1) is 12.7 Å². The number of aromatic nitrogens is 2. The molecule has 0 atom stereocenters. The lowest BCUT2D eigenvalue weighted by Crippen LogP contribution is -2.27. The smallest absolute Gasteiger partial charge is 0.267 e. The molecule has 0 bridgehead atoms. The molecule has 1 fully saturated rings. The van der Waals surface area contributed by atoms with E-state index < -0.39 is 0 Å². The van der Waals surface area contributed by atoms with E-state index in [1.54, 1.807) is 30.5 Å². The van der Waals surface area contributed by atoms with E-state index in [1.165, 1.54) is 21.4 Å². The second kappa shape index (κ2) is 10.7. The van der Waals surface area contributed by atoms with Crippen molar-refractivity contribution >= 4 is 51.7 Å². The number of carbonyl (C=O) groups is 1. The molecule has 4 aromatic rings. The first kappa shape index (κ1) is 24.9. The van der Waals surface area contributed by atoms with E-state index in [4.69, 9.17) is 17.2 Å². The number of nitrogens with zero attached hydrogens (tertiary/aromatic N) is 3. The van der Waals surface area contributed by atoms with Crippen molar-refractivity contribution in [3.8, 4) is 0 Å². The van der Waals surface area contributed by atoms with Crippen molar-refractivity contribution in [3.05, 3.63) is 116 Å². The Kier molecular flexibility index (Phi) is 7.16. The van der Waals surface area contributed by atoms with Crippen molar-refractivity contribution < 1.29 is 9.18 Å². The van der Waals surface area contributed by atoms with Crippen LogP contribution in [0.4, 0.5) is 10.2 Å². The van der Waals surface area contributed by atoms with Crippen LogP contribution in [0.25, 0.3) is 11.7 Å². The van der Waals surface area contributed by atoms with Crippen LogP contribution in [0.15, 0.2) is 82.6 Å². The average molecular weight is 531 g/mol. The molecule has 186 valence electrons. The minimum atomic E-state index is -0.346. The van der Waals surface area contributed by atoms with Crippen molar-refractivity contribution in [2.45, 2.75) is 19.9 Å². The molecule has 1 aliphatic heterocycles. The third kappa shape index (κ3) is 5.47. The van der Waals surface area contributed by atoms with Gasteiger partial charge in [0.05, 0.1) is 17.0 Å². The first-order valence-corrected chi connectivity index (χ1v) is 12.9. The van der Waals surface area contributed by atoms with Crippen LogP contribution >= 0.6 is 24.0 Å². The topological polar surface area (TPSA) is 66.7 Å². The molecule has 2 aromatic carbocycles. The maximum Gasteiger partial charge on any atom is 0.267 e. The van der Waals surface area contributed by atoms with Gasteiger partial charge in [0.25, 0.3) is 11.5 Å². The monoisotopic (exact) mass is 530 g/mol. The average Bonchev–Trinajstić information content (AvgIpc) is 3.16. The van der Waals surface area contributed by atoms with Gasteiger partial charge in [-0.3, -0.25) is 18.9 Å². The van der Waals surface area contributed by atoms with E-state index in [-0.39, 0.29) is 23.8 Å². The number of thioether (sulfide) groups is 1. The predicted molar refractivity (Wildman–Crippen MR) is 150 cm³/mol. The van der Waals surface area contributed by atoms with E-state index in [2.05, 4.69) is 5.32 Å². The highest BCUT2D eigenvalue weighted by Crippen LogP contribution is 2.34. The highest BCUT2D eigenvalue weighted by molar-refractivity contribution is 8.26. The summed E-state index contributed by atoms with van der Waals surface area (Å²) in [4.78, 5) is 33.3. The van der Waals surface area contributed by atoms with Crippen molar-refractivity contribution in [3.63, 3.8) is 0 Å². The lowest BCUT2D eigenvalue weighted by Gasteiger charge is -2.14. The van der Waals surface area contributed by atoms with Crippen LogP contribution < -0.4 is 10.9 Å². The van der Waals surface area contributed by atoms with Gasteiger partial charge in [0.2, 0.25) is 0 Å². The molecule has 0 spiro atoms. The zero-order valence-corrected chi connectivity index (χ0v) is 21.6. The number of halogens is 1. The van der Waals surface area contributed by atoms with Crippen molar-refractivity contribution in [2.75, 3.05) is 11.9 Å². The molecule has 1 aliphatic rings. The zero-order valence-electron chi connectivity index (χ0n) is 20.0. The Morgan fingerprint density at radius 3 is 2.54 bits per heavy atom. The van der Waals surface area contributed by atoms with E-state index in [1.807, 2.05) is 43.3 Å². The minimum absolute atomic E-state index is 0.221. The lowest BCUT2D eigenvalue weighted by molar-refractivity contribution is -0.122. The molecule has 37 heavy (non-hydrogen) atoms. The number of pyridine rings is 1. The summed E-state index contributed by atoms with van der Waals surface area (Å²) in [6, 6.07) is 19.6. The van der Waals surface area contributed by atoms with Crippen LogP contribution in [0.3, 0.4) is 0 Å². The third-order valence-corrected chi connectivity index (χ3v) is 7.34. The second-order valence-corrected chi connectivity index (χ2v) is 10.3. The Morgan fingerprint density at radius 1 is 1.03 bits per heavy atom. The Morgan fingerprint density at radius 2 is 1.78 bits per heavy atom. The number of fused-ring (bicyclic) bond motifs is 1. The SMILES string of the molecule is Cc1ccc2nc(NCCc3ccccc3)c(/C=C3/SC(=S)N(Cc4ccc(F)cc4)C3=O)c(=O)n2c1. The van der Waals surface area contributed by atoms with E-state index in [0.29, 0.717) is 32.8 Å². The molecule has 1 N–H and O–H groups in total. The fraction of sp³-hybridized carbons (Fsp3) is 0.143. The largest absolute Gasteiger partial charge is 0.369 e. The van der Waals surface area contributed by atoms with Gasteiger partial charge < -0.3 is 5.32 Å². The van der Waals surface area contributed by atoms with Crippen LogP contribution in [0.5, 0.6) is 0 Å². The summed E-state index contributed by atoms with van der Waals surface area (Å²) in [6.45, 7) is 2.68. The second-order valence-electron chi connectivity index (χ2n) is 8.67. The van der Waals surface area contributed by atoms with E-state index in [9.17, 15) is 14.0 Å². The molecule has 5 rings (SSSR count). The molecule has 6 nitrogen and oxygen atoms in total. The van der Waals surface area contributed by atoms with Crippen molar-refractivity contribution in [1.82, 2.24) is 14.3 Å². The summed E-state index contributed by atoms with van der Waals surface area (Å²) in [5.41, 5.74) is 3.35. The van der Waals surface area contributed by atoms with E-state index in [0.717, 1.165) is 34.9 Å². The first-order chi connectivity index (χ1) is 17.9. The molecule has 1 saturated heterocycles. The normalized spacial score (nSPS) is 14.6. The highest BCUT2D eigenvalue weighted by Gasteiger charge is 2.32. The van der Waals surface area contributed by atoms with Crippen molar-refractivity contribution in [1.29, 1.82) is 0 Å². The highest BCUT2D eigenvalue weighted by atomic mass is 32.2. The molecule has 3 heterocycles. The molecular weight excluding hydrogens is 507 g/mol. The summed E-state index contributed by atoms with van der Waals surface area (Å²) in [6.07, 6.45) is 4.05. The Labute approximate surface area is 222 Å². The Balaban J connectivity index is 1.48. The Bertz CT molecular complexity index is 1580. The molecule has 0 aliphatic carbocycles. The third-order valence-electron chi connectivity index (χ3n) is 5.96. The number of amides is 1. The van der Waals surface area contributed by atoms with E-state index >= 15 is 0 Å². The zero-order chi connectivity index (χ0) is 25.9. The fourth-order valence-corrected chi connectivity index (χ4v) is 5.27. The summed E-state index contributed by atoms with van der Waals surface area (Å²) in [5, 5.41) is 3.29. The first-order valence-electron chi connectivity index (χ1n) is 11.7. The molecule has 9 heteroatoms. The van der Waals surface area contributed by atoms with Gasteiger partial charge in [0.1, 0.15) is 21.6 Å². The quantitative estimate of drug-likeness (QED) is 0.262. The van der Waals surface area contributed by atoms with Gasteiger partial charge >= 0.3 is 0 Å². The molecule has 1 amide bonds. The van der Waals surface area contributed by atoms with Gasteiger partial charge in [0.15, 0.2) is 0 Å². The number of hydrogen-bond donors (Lipinski definition) is 1. The van der Waals surface area contributed by atoms with Crippen LogP contribution in [0.2, 0.25) is 0 Å². The van der Waals surface area contributed by atoms with Crippen LogP contribution in [-0.4, -0.2) is 31.1 Å².